The van der Waals surface area contributed by atoms with E-state index in [2.05, 4.69) is 24.4 Å². The van der Waals surface area contributed by atoms with Crippen molar-refractivity contribution in [2.24, 2.45) is 5.92 Å². The van der Waals surface area contributed by atoms with Crippen LogP contribution in [0.15, 0.2) is 18.2 Å². The van der Waals surface area contributed by atoms with Crippen molar-refractivity contribution in [2.75, 3.05) is 13.2 Å². The molecular weight excluding hydrogens is 290 g/mol. The van der Waals surface area contributed by atoms with E-state index in [0.717, 1.165) is 43.6 Å². The quantitative estimate of drug-likeness (QED) is 0.841. The maximum atomic E-state index is 12.1. The molecule has 3 rings (SSSR count). The van der Waals surface area contributed by atoms with Gasteiger partial charge in [0.1, 0.15) is 5.75 Å². The number of ether oxygens (including phenoxy) is 2. The first-order chi connectivity index (χ1) is 11.2. The summed E-state index contributed by atoms with van der Waals surface area (Å²) in [6.45, 7) is 5.61. The third-order valence-corrected chi connectivity index (χ3v) is 5.02. The second-order valence-corrected chi connectivity index (χ2v) is 6.66. The third kappa shape index (κ3) is 3.86. The van der Waals surface area contributed by atoms with Crippen molar-refractivity contribution in [2.45, 2.75) is 58.1 Å². The minimum Gasteiger partial charge on any atom is -0.494 e. The van der Waals surface area contributed by atoms with E-state index in [1.54, 1.807) is 0 Å². The molecule has 3 atom stereocenters. The summed E-state index contributed by atoms with van der Waals surface area (Å²) in [5.41, 5.74) is 2.43. The summed E-state index contributed by atoms with van der Waals surface area (Å²) in [6.07, 6.45) is 4.92. The highest BCUT2D eigenvalue weighted by Gasteiger charge is 2.45. The number of carbonyl (C=O) groups is 1. The number of hydrogen-bond acceptors (Lipinski definition) is 3. The number of fused-ring (bicyclic) bond motifs is 1. The van der Waals surface area contributed by atoms with E-state index >= 15 is 0 Å². The Balaban J connectivity index is 1.39. The van der Waals surface area contributed by atoms with Crippen LogP contribution in [-0.4, -0.2) is 31.3 Å². The van der Waals surface area contributed by atoms with Gasteiger partial charge in [0.2, 0.25) is 5.91 Å². The van der Waals surface area contributed by atoms with Crippen molar-refractivity contribution in [3.63, 3.8) is 0 Å². The Kier molecular flexibility index (Phi) is 5.21. The van der Waals surface area contributed by atoms with Gasteiger partial charge in [0.05, 0.1) is 12.7 Å². The minimum absolute atomic E-state index is 0.183. The molecule has 1 aromatic rings. The van der Waals surface area contributed by atoms with E-state index in [9.17, 15) is 4.79 Å². The fraction of sp³-hybridized carbons (Fsp3) is 0.632. The number of amides is 1. The van der Waals surface area contributed by atoms with Crippen LogP contribution in [0, 0.1) is 12.8 Å². The number of rotatable bonds is 7. The average molecular weight is 317 g/mol. The predicted molar refractivity (Wildman–Crippen MR) is 89.7 cm³/mol. The summed E-state index contributed by atoms with van der Waals surface area (Å²) in [5.74, 6) is 1.70. The van der Waals surface area contributed by atoms with Crippen LogP contribution in [0.3, 0.4) is 0 Å². The highest BCUT2D eigenvalue weighted by molar-refractivity contribution is 5.76. The van der Waals surface area contributed by atoms with Crippen molar-refractivity contribution < 1.29 is 14.3 Å². The molecule has 0 radical (unpaired) electrons. The van der Waals surface area contributed by atoms with E-state index in [-0.39, 0.29) is 5.91 Å². The van der Waals surface area contributed by atoms with Crippen LogP contribution in [0.2, 0.25) is 0 Å². The standard InChI is InChI=1S/C19H27NO3/c1-3-22-17-8-7-14(11-13(17)2)5-4-6-19(21)20-16-12-18-15(16)9-10-23-18/h7-8,11,15-16,18H,3-6,9-10,12H2,1-2H3,(H,20,21)/t15-,16+,18+/m0/s1. The lowest BCUT2D eigenvalue weighted by Crippen LogP contribution is -2.53. The van der Waals surface area contributed by atoms with Gasteiger partial charge in [-0.2, -0.15) is 0 Å². The summed E-state index contributed by atoms with van der Waals surface area (Å²) in [7, 11) is 0. The highest BCUT2D eigenvalue weighted by atomic mass is 16.5. The first-order valence-corrected chi connectivity index (χ1v) is 8.80. The van der Waals surface area contributed by atoms with Gasteiger partial charge in [-0.25, -0.2) is 0 Å². The van der Waals surface area contributed by atoms with E-state index in [1.165, 1.54) is 5.56 Å². The molecule has 1 saturated carbocycles. The molecule has 2 aliphatic rings. The van der Waals surface area contributed by atoms with Crippen molar-refractivity contribution in [3.8, 4) is 5.75 Å². The molecule has 4 nitrogen and oxygen atoms in total. The summed E-state index contributed by atoms with van der Waals surface area (Å²) >= 11 is 0. The summed E-state index contributed by atoms with van der Waals surface area (Å²) in [5, 5.41) is 3.17. The normalized spacial score (nSPS) is 25.6. The first-order valence-electron chi connectivity index (χ1n) is 8.80. The van der Waals surface area contributed by atoms with Crippen LogP contribution in [0.1, 0.15) is 43.7 Å². The van der Waals surface area contributed by atoms with E-state index in [4.69, 9.17) is 9.47 Å². The van der Waals surface area contributed by atoms with Gasteiger partial charge in [0, 0.05) is 25.0 Å². The second kappa shape index (κ2) is 7.35. The van der Waals surface area contributed by atoms with Gasteiger partial charge in [0.15, 0.2) is 0 Å². The van der Waals surface area contributed by atoms with E-state index in [0.29, 0.717) is 31.1 Å². The maximum absolute atomic E-state index is 12.1. The molecule has 1 aliphatic carbocycles. The van der Waals surface area contributed by atoms with E-state index in [1.807, 2.05) is 13.0 Å². The number of aryl methyl sites for hydroxylation is 2. The van der Waals surface area contributed by atoms with Gasteiger partial charge in [-0.15, -0.1) is 0 Å². The SMILES string of the molecule is CCOc1ccc(CCCC(=O)N[C@@H]2C[C@H]3OCC[C@@H]23)cc1C. The summed E-state index contributed by atoms with van der Waals surface area (Å²) in [4.78, 5) is 12.1. The highest BCUT2D eigenvalue weighted by Crippen LogP contribution is 2.38. The lowest BCUT2D eigenvalue weighted by Gasteiger charge is -2.39. The molecule has 4 heteroatoms. The molecule has 1 aromatic carbocycles. The van der Waals surface area contributed by atoms with Crippen LogP contribution < -0.4 is 10.1 Å². The fourth-order valence-corrected chi connectivity index (χ4v) is 3.68. The molecule has 2 fully saturated rings. The Morgan fingerprint density at radius 3 is 3.04 bits per heavy atom. The second-order valence-electron chi connectivity index (χ2n) is 6.66. The number of carbonyl (C=O) groups excluding carboxylic acids is 1. The van der Waals surface area contributed by atoms with Crippen LogP contribution >= 0.6 is 0 Å². The van der Waals surface area contributed by atoms with Gasteiger partial charge >= 0.3 is 0 Å². The topological polar surface area (TPSA) is 47.6 Å². The van der Waals surface area contributed by atoms with Crippen LogP contribution in [0.25, 0.3) is 0 Å². The zero-order valence-electron chi connectivity index (χ0n) is 14.1. The molecule has 1 amide bonds. The Hall–Kier alpha value is -1.55. The first kappa shape index (κ1) is 16.3. The lowest BCUT2D eigenvalue weighted by atomic mass is 9.76. The molecule has 126 valence electrons. The van der Waals surface area contributed by atoms with Crippen molar-refractivity contribution >= 4 is 5.91 Å². The molecule has 1 aliphatic heterocycles. The van der Waals surface area contributed by atoms with Gasteiger partial charge in [-0.1, -0.05) is 12.1 Å². The lowest BCUT2D eigenvalue weighted by molar-refractivity contribution is -0.124. The van der Waals surface area contributed by atoms with Crippen LogP contribution in [0.5, 0.6) is 5.75 Å². The Morgan fingerprint density at radius 2 is 2.30 bits per heavy atom. The monoisotopic (exact) mass is 317 g/mol. The largest absolute Gasteiger partial charge is 0.494 e. The zero-order chi connectivity index (χ0) is 16.2. The van der Waals surface area contributed by atoms with E-state index < -0.39 is 0 Å². The predicted octanol–water partition coefficient (Wildman–Crippen LogP) is 3.01. The molecule has 0 spiro atoms. The van der Waals surface area contributed by atoms with Gasteiger partial charge in [0.25, 0.3) is 0 Å². The van der Waals surface area contributed by atoms with Crippen LogP contribution in [0.4, 0.5) is 0 Å². The third-order valence-electron chi connectivity index (χ3n) is 5.02. The number of nitrogens with one attached hydrogen (secondary N) is 1. The number of benzene rings is 1. The molecule has 1 saturated heterocycles. The summed E-state index contributed by atoms with van der Waals surface area (Å²) < 4.78 is 11.1. The fourth-order valence-electron chi connectivity index (χ4n) is 3.68. The summed E-state index contributed by atoms with van der Waals surface area (Å²) in [6, 6.07) is 6.64. The molecule has 1 heterocycles. The Bertz CT molecular complexity index is 558. The molecule has 0 unspecified atom stereocenters. The van der Waals surface area contributed by atoms with Crippen molar-refractivity contribution in [1.82, 2.24) is 5.32 Å². The Labute approximate surface area is 138 Å². The van der Waals surface area contributed by atoms with Crippen LogP contribution in [-0.2, 0) is 16.0 Å². The molecular formula is C19H27NO3. The minimum atomic E-state index is 0.183. The molecule has 23 heavy (non-hydrogen) atoms. The molecule has 1 N–H and O–H groups in total. The van der Waals surface area contributed by atoms with Crippen molar-refractivity contribution in [1.29, 1.82) is 0 Å². The molecule has 0 bridgehead atoms. The van der Waals surface area contributed by atoms with Crippen molar-refractivity contribution in [3.05, 3.63) is 29.3 Å². The number of hydrogen-bond donors (Lipinski definition) is 1. The van der Waals surface area contributed by atoms with Gasteiger partial charge in [-0.05, 0) is 56.7 Å². The maximum Gasteiger partial charge on any atom is 0.220 e. The zero-order valence-corrected chi connectivity index (χ0v) is 14.1. The van der Waals surface area contributed by atoms with Gasteiger partial charge < -0.3 is 14.8 Å². The smallest absolute Gasteiger partial charge is 0.220 e. The average Bonchev–Trinajstić information content (AvgIpc) is 2.89. The van der Waals surface area contributed by atoms with Gasteiger partial charge in [-0.3, -0.25) is 4.79 Å². The molecule has 0 aromatic heterocycles. The Morgan fingerprint density at radius 1 is 1.43 bits per heavy atom.